The fourth-order valence-corrected chi connectivity index (χ4v) is 2.31. The number of ether oxygens (including phenoxy) is 1. The number of nitrogens with zero attached hydrogens (tertiary/aromatic N) is 3. The lowest BCUT2D eigenvalue weighted by molar-refractivity contribution is -0.120. The van der Waals surface area contributed by atoms with Crippen molar-refractivity contribution < 1.29 is 14.6 Å². The van der Waals surface area contributed by atoms with Crippen molar-refractivity contribution >= 4 is 34.1 Å². The van der Waals surface area contributed by atoms with Gasteiger partial charge in [-0.25, -0.2) is 0 Å². The van der Waals surface area contributed by atoms with E-state index < -0.39 is 5.91 Å². The van der Waals surface area contributed by atoms with Crippen molar-refractivity contribution in [2.24, 2.45) is 10.2 Å². The lowest BCUT2D eigenvalue weighted by atomic mass is 10.2. The first-order chi connectivity index (χ1) is 12.1. The minimum Gasteiger partial charge on any atom is -0.493 e. The van der Waals surface area contributed by atoms with Crippen LogP contribution < -0.4 is 4.74 Å². The van der Waals surface area contributed by atoms with Gasteiger partial charge in [0.05, 0.1) is 17.1 Å². The molecule has 1 amide bonds. The molecule has 0 aliphatic heterocycles. The highest BCUT2D eigenvalue weighted by Gasteiger charge is 2.11. The Morgan fingerprint density at radius 3 is 2.76 bits per heavy atom. The van der Waals surface area contributed by atoms with Crippen molar-refractivity contribution in [3.63, 3.8) is 0 Å². The van der Waals surface area contributed by atoms with Crippen molar-refractivity contribution in [3.05, 3.63) is 53.1 Å². The topological polar surface area (TPSA) is 111 Å². The summed E-state index contributed by atoms with van der Waals surface area (Å²) >= 11 is 5.93. The van der Waals surface area contributed by atoms with E-state index in [-0.39, 0.29) is 18.2 Å². The molecule has 7 nitrogen and oxygen atoms in total. The zero-order chi connectivity index (χ0) is 17.8. The van der Waals surface area contributed by atoms with Crippen LogP contribution in [0, 0.1) is 11.3 Å². The molecule has 0 radical (unpaired) electrons. The molecule has 0 spiro atoms. The standard InChI is InChI=1S/C17H11ClN4O3/c18-11-3-6-14-13(7-11)16(17(24)20-14)22-21-15(23)9-25-12-4-1-10(8-19)2-5-12/h1-7,20,24H,9H2. The zero-order valence-electron chi connectivity index (χ0n) is 12.7. The van der Waals surface area contributed by atoms with Crippen molar-refractivity contribution in [1.82, 2.24) is 4.98 Å². The molecule has 0 aliphatic rings. The predicted octanol–water partition coefficient (Wildman–Crippen LogP) is 4.09. The van der Waals surface area contributed by atoms with Crippen LogP contribution in [0.2, 0.25) is 5.02 Å². The van der Waals surface area contributed by atoms with Crippen LogP contribution in [-0.2, 0) is 4.79 Å². The highest BCUT2D eigenvalue weighted by Crippen LogP contribution is 2.36. The Bertz CT molecular complexity index is 1000. The molecule has 2 N–H and O–H groups in total. The number of carbonyl (C=O) groups excluding carboxylic acids is 1. The average Bonchev–Trinajstić information content (AvgIpc) is 2.93. The van der Waals surface area contributed by atoms with Crippen molar-refractivity contribution in [2.75, 3.05) is 6.61 Å². The number of halogens is 1. The largest absolute Gasteiger partial charge is 0.493 e. The maximum atomic E-state index is 11.8. The Hall–Kier alpha value is -3.37. The number of hydrogen-bond acceptors (Lipinski definition) is 5. The number of azo groups is 1. The molecule has 0 aliphatic carbocycles. The van der Waals surface area contributed by atoms with Gasteiger partial charge >= 0.3 is 5.91 Å². The van der Waals surface area contributed by atoms with Gasteiger partial charge in [-0.2, -0.15) is 5.26 Å². The van der Waals surface area contributed by atoms with Crippen LogP contribution in [0.25, 0.3) is 10.9 Å². The lowest BCUT2D eigenvalue weighted by Gasteiger charge is -2.02. The molecule has 2 aromatic carbocycles. The van der Waals surface area contributed by atoms with E-state index in [1.807, 2.05) is 6.07 Å². The number of nitrogens with one attached hydrogen (secondary N) is 1. The van der Waals surface area contributed by atoms with Crippen LogP contribution >= 0.6 is 11.6 Å². The van der Waals surface area contributed by atoms with Crippen LogP contribution in [0.15, 0.2) is 52.7 Å². The molecular formula is C17H11ClN4O3. The minimum atomic E-state index is -0.625. The number of aromatic hydroxyl groups is 1. The fraction of sp³-hybridized carbons (Fsp3) is 0.0588. The lowest BCUT2D eigenvalue weighted by Crippen LogP contribution is -2.07. The maximum absolute atomic E-state index is 11.8. The molecule has 3 aromatic rings. The Labute approximate surface area is 147 Å². The number of fused-ring (bicyclic) bond motifs is 1. The number of benzene rings is 2. The molecule has 124 valence electrons. The molecule has 0 bridgehead atoms. The highest BCUT2D eigenvalue weighted by molar-refractivity contribution is 6.31. The summed E-state index contributed by atoms with van der Waals surface area (Å²) in [6, 6.07) is 13.3. The normalized spacial score (nSPS) is 10.9. The van der Waals surface area contributed by atoms with Gasteiger partial charge < -0.3 is 14.8 Å². The van der Waals surface area contributed by atoms with Crippen molar-refractivity contribution in [3.8, 4) is 17.7 Å². The number of nitriles is 1. The molecule has 0 atom stereocenters. The summed E-state index contributed by atoms with van der Waals surface area (Å²) in [4.78, 5) is 14.5. The van der Waals surface area contributed by atoms with Crippen molar-refractivity contribution in [2.45, 2.75) is 0 Å². The maximum Gasteiger partial charge on any atom is 0.302 e. The number of amides is 1. The molecule has 1 aromatic heterocycles. The second kappa shape index (κ2) is 7.03. The van der Waals surface area contributed by atoms with Gasteiger partial charge in [0.1, 0.15) is 5.75 Å². The molecule has 0 saturated carbocycles. The molecular weight excluding hydrogens is 344 g/mol. The van der Waals surface area contributed by atoms with Crippen LogP contribution in [0.5, 0.6) is 11.6 Å². The van der Waals surface area contributed by atoms with Gasteiger partial charge in [-0.05, 0) is 42.5 Å². The number of H-pyrrole nitrogens is 1. The van der Waals surface area contributed by atoms with Crippen LogP contribution in [0.1, 0.15) is 5.56 Å². The van der Waals surface area contributed by atoms with Crippen LogP contribution in [-0.4, -0.2) is 22.6 Å². The van der Waals surface area contributed by atoms with E-state index in [1.54, 1.807) is 42.5 Å². The van der Waals surface area contributed by atoms with Crippen LogP contribution in [0.4, 0.5) is 5.69 Å². The first kappa shape index (κ1) is 16.5. The summed E-state index contributed by atoms with van der Waals surface area (Å²) in [7, 11) is 0. The average molecular weight is 355 g/mol. The summed E-state index contributed by atoms with van der Waals surface area (Å²) in [5.74, 6) is -0.397. The summed E-state index contributed by atoms with van der Waals surface area (Å²) in [5.41, 5.74) is 1.24. The second-order valence-electron chi connectivity index (χ2n) is 5.03. The fourth-order valence-electron chi connectivity index (χ4n) is 2.14. The zero-order valence-corrected chi connectivity index (χ0v) is 13.5. The Morgan fingerprint density at radius 2 is 2.04 bits per heavy atom. The van der Waals surface area contributed by atoms with E-state index >= 15 is 0 Å². The van der Waals surface area contributed by atoms with Gasteiger partial charge in [0.2, 0.25) is 5.88 Å². The summed E-state index contributed by atoms with van der Waals surface area (Å²) in [6.07, 6.45) is 0. The van der Waals surface area contributed by atoms with Crippen molar-refractivity contribution in [1.29, 1.82) is 5.26 Å². The van der Waals surface area contributed by atoms with Gasteiger partial charge in [-0.15, -0.1) is 10.2 Å². The summed E-state index contributed by atoms with van der Waals surface area (Å²) in [6.45, 7) is -0.320. The predicted molar refractivity (Wildman–Crippen MR) is 91.1 cm³/mol. The number of aromatic amines is 1. The van der Waals surface area contributed by atoms with Gasteiger partial charge in [0, 0.05) is 10.4 Å². The van der Waals surface area contributed by atoms with E-state index in [1.165, 1.54) is 0 Å². The van der Waals surface area contributed by atoms with Crippen LogP contribution in [0.3, 0.4) is 0 Å². The third-order valence-corrected chi connectivity index (χ3v) is 3.56. The smallest absolute Gasteiger partial charge is 0.302 e. The first-order valence-electron chi connectivity index (χ1n) is 7.14. The van der Waals surface area contributed by atoms with E-state index in [2.05, 4.69) is 15.2 Å². The Balaban J connectivity index is 1.69. The van der Waals surface area contributed by atoms with E-state index in [0.29, 0.717) is 27.2 Å². The third-order valence-electron chi connectivity index (χ3n) is 3.32. The van der Waals surface area contributed by atoms with Gasteiger partial charge in [-0.1, -0.05) is 11.6 Å². The molecule has 0 saturated heterocycles. The quantitative estimate of drug-likeness (QED) is 0.687. The number of aromatic nitrogens is 1. The van der Waals surface area contributed by atoms with Gasteiger partial charge in [0.15, 0.2) is 12.3 Å². The number of carbonyl (C=O) groups is 1. The first-order valence-corrected chi connectivity index (χ1v) is 7.52. The molecule has 8 heteroatoms. The Morgan fingerprint density at radius 1 is 1.28 bits per heavy atom. The number of hydrogen-bond donors (Lipinski definition) is 2. The SMILES string of the molecule is N#Cc1ccc(OCC(=O)N=Nc2c(O)[nH]c3ccc(Cl)cc23)cc1. The third kappa shape index (κ3) is 3.76. The van der Waals surface area contributed by atoms with Gasteiger partial charge in [0.25, 0.3) is 0 Å². The molecule has 3 rings (SSSR count). The van der Waals surface area contributed by atoms with Gasteiger partial charge in [-0.3, -0.25) is 4.79 Å². The summed E-state index contributed by atoms with van der Waals surface area (Å²) < 4.78 is 5.27. The Kier molecular flexibility index (Phi) is 4.64. The monoisotopic (exact) mass is 354 g/mol. The highest BCUT2D eigenvalue weighted by atomic mass is 35.5. The number of rotatable bonds is 4. The summed E-state index contributed by atoms with van der Waals surface area (Å²) in [5, 5.41) is 26.9. The van der Waals surface area contributed by atoms with E-state index in [9.17, 15) is 9.90 Å². The molecule has 1 heterocycles. The minimum absolute atomic E-state index is 0.129. The second-order valence-corrected chi connectivity index (χ2v) is 5.47. The molecule has 0 unspecified atom stereocenters. The molecule has 25 heavy (non-hydrogen) atoms. The molecule has 0 fully saturated rings. The van der Waals surface area contributed by atoms with E-state index in [4.69, 9.17) is 21.6 Å². The van der Waals surface area contributed by atoms with E-state index in [0.717, 1.165) is 0 Å².